The highest BCUT2D eigenvalue weighted by Gasteiger charge is 2.14. The van der Waals surface area contributed by atoms with Crippen molar-refractivity contribution in [1.29, 1.82) is 0 Å². The minimum atomic E-state index is 0.183. The van der Waals surface area contributed by atoms with Gasteiger partial charge in [0.1, 0.15) is 0 Å². The van der Waals surface area contributed by atoms with E-state index in [1.165, 1.54) is 5.70 Å². The summed E-state index contributed by atoms with van der Waals surface area (Å²) in [7, 11) is 0. The van der Waals surface area contributed by atoms with Crippen LogP contribution in [-0.2, 0) is 0 Å². The van der Waals surface area contributed by atoms with Gasteiger partial charge in [0.25, 0.3) is 0 Å². The first-order chi connectivity index (χ1) is 5.02. The third-order valence-corrected chi connectivity index (χ3v) is 1.43. The first-order valence-corrected chi connectivity index (χ1v) is 4.21. The van der Waals surface area contributed by atoms with Crippen molar-refractivity contribution in [3.63, 3.8) is 0 Å². The van der Waals surface area contributed by atoms with Crippen molar-refractivity contribution in [1.82, 2.24) is 0 Å². The normalized spacial score (nSPS) is 14.5. The van der Waals surface area contributed by atoms with Crippen molar-refractivity contribution in [2.75, 3.05) is 0 Å². The summed E-state index contributed by atoms with van der Waals surface area (Å²) >= 11 is 0. The summed E-state index contributed by atoms with van der Waals surface area (Å²) in [5.74, 6) is 0. The van der Waals surface area contributed by atoms with Gasteiger partial charge in [0.2, 0.25) is 0 Å². The Morgan fingerprint density at radius 2 is 1.91 bits per heavy atom. The standard InChI is InChI=1S/C10H19N/c1-6-8-9(11-7-2)10(3,4)5/h7-8H,6H2,1-5H3/b9-8-,11-7-. The van der Waals surface area contributed by atoms with E-state index in [1.807, 2.05) is 13.1 Å². The Morgan fingerprint density at radius 1 is 1.36 bits per heavy atom. The van der Waals surface area contributed by atoms with E-state index in [9.17, 15) is 0 Å². The Balaban J connectivity index is 4.48. The molecule has 1 nitrogen and oxygen atoms in total. The lowest BCUT2D eigenvalue weighted by Crippen LogP contribution is -2.07. The second-order valence-corrected chi connectivity index (χ2v) is 3.63. The fourth-order valence-corrected chi connectivity index (χ4v) is 0.885. The first kappa shape index (κ1) is 10.4. The van der Waals surface area contributed by atoms with Gasteiger partial charge in [-0.1, -0.05) is 33.8 Å². The molecule has 0 aromatic carbocycles. The molecule has 0 aromatic rings. The highest BCUT2D eigenvalue weighted by atomic mass is 14.7. The van der Waals surface area contributed by atoms with E-state index in [-0.39, 0.29) is 5.41 Å². The monoisotopic (exact) mass is 153 g/mol. The molecule has 0 rings (SSSR count). The van der Waals surface area contributed by atoms with Gasteiger partial charge >= 0.3 is 0 Å². The molecule has 0 radical (unpaired) electrons. The Kier molecular flexibility index (Phi) is 4.09. The zero-order chi connectivity index (χ0) is 8.91. The van der Waals surface area contributed by atoms with Crippen LogP contribution in [0.5, 0.6) is 0 Å². The molecule has 0 unspecified atom stereocenters. The molecule has 0 aliphatic rings. The molecule has 0 aliphatic heterocycles. The van der Waals surface area contributed by atoms with Crippen LogP contribution in [0.25, 0.3) is 0 Å². The summed E-state index contributed by atoms with van der Waals surface area (Å²) in [5, 5.41) is 0. The predicted molar refractivity (Wildman–Crippen MR) is 52.0 cm³/mol. The lowest BCUT2D eigenvalue weighted by molar-refractivity contribution is 0.496. The van der Waals surface area contributed by atoms with Crippen LogP contribution in [-0.4, -0.2) is 6.21 Å². The minimum absolute atomic E-state index is 0.183. The summed E-state index contributed by atoms with van der Waals surface area (Å²) in [6, 6.07) is 0. The maximum absolute atomic E-state index is 4.32. The van der Waals surface area contributed by atoms with Crippen molar-refractivity contribution >= 4 is 6.21 Å². The number of rotatable bonds is 2. The quantitative estimate of drug-likeness (QED) is 0.539. The van der Waals surface area contributed by atoms with Gasteiger partial charge in [-0.25, -0.2) is 0 Å². The fraction of sp³-hybridized carbons (Fsp3) is 0.700. The van der Waals surface area contributed by atoms with Crippen LogP contribution in [0.1, 0.15) is 41.0 Å². The number of nitrogens with zero attached hydrogens (tertiary/aromatic N) is 1. The summed E-state index contributed by atoms with van der Waals surface area (Å²) < 4.78 is 0. The van der Waals surface area contributed by atoms with Gasteiger partial charge in [0.05, 0.1) is 0 Å². The van der Waals surface area contributed by atoms with E-state index in [1.54, 1.807) is 0 Å². The average molecular weight is 153 g/mol. The second-order valence-electron chi connectivity index (χ2n) is 3.63. The molecule has 0 aromatic heterocycles. The Labute approximate surface area is 70.2 Å². The van der Waals surface area contributed by atoms with E-state index in [2.05, 4.69) is 38.8 Å². The van der Waals surface area contributed by atoms with Crippen molar-refractivity contribution < 1.29 is 0 Å². The maximum atomic E-state index is 4.32. The van der Waals surface area contributed by atoms with E-state index >= 15 is 0 Å². The van der Waals surface area contributed by atoms with Gasteiger partial charge in [0, 0.05) is 17.3 Å². The zero-order valence-corrected chi connectivity index (χ0v) is 8.31. The summed E-state index contributed by atoms with van der Waals surface area (Å²) in [4.78, 5) is 4.32. The van der Waals surface area contributed by atoms with Gasteiger partial charge in [-0.15, -0.1) is 0 Å². The smallest absolute Gasteiger partial charge is 0.0413 e. The number of hydrogen-bond donors (Lipinski definition) is 0. The van der Waals surface area contributed by atoms with Crippen LogP contribution >= 0.6 is 0 Å². The van der Waals surface area contributed by atoms with Crippen molar-refractivity contribution in [2.24, 2.45) is 10.4 Å². The zero-order valence-electron chi connectivity index (χ0n) is 8.31. The van der Waals surface area contributed by atoms with Gasteiger partial charge in [0.15, 0.2) is 0 Å². The van der Waals surface area contributed by atoms with E-state index in [0.717, 1.165) is 6.42 Å². The van der Waals surface area contributed by atoms with Gasteiger partial charge in [-0.3, -0.25) is 4.99 Å². The van der Waals surface area contributed by atoms with Gasteiger partial charge in [-0.05, 0) is 13.3 Å². The molecule has 0 saturated heterocycles. The molecular weight excluding hydrogens is 134 g/mol. The van der Waals surface area contributed by atoms with Gasteiger partial charge in [-0.2, -0.15) is 0 Å². The van der Waals surface area contributed by atoms with Crippen molar-refractivity contribution in [3.8, 4) is 0 Å². The predicted octanol–water partition coefficient (Wildman–Crippen LogP) is 3.42. The molecule has 64 valence electrons. The summed E-state index contributed by atoms with van der Waals surface area (Å²) in [5.41, 5.74) is 1.37. The largest absolute Gasteiger partial charge is 0.266 e. The third-order valence-electron chi connectivity index (χ3n) is 1.43. The fourth-order valence-electron chi connectivity index (χ4n) is 0.885. The second kappa shape index (κ2) is 4.32. The molecule has 0 spiro atoms. The molecular formula is C10H19N. The highest BCUT2D eigenvalue weighted by molar-refractivity contribution is 5.55. The Hall–Kier alpha value is -0.590. The Bertz CT molecular complexity index is 158. The average Bonchev–Trinajstić information content (AvgIpc) is 1.85. The molecule has 0 bridgehead atoms. The topological polar surface area (TPSA) is 12.4 Å². The van der Waals surface area contributed by atoms with Gasteiger partial charge < -0.3 is 0 Å². The van der Waals surface area contributed by atoms with Crippen LogP contribution in [0, 0.1) is 5.41 Å². The Morgan fingerprint density at radius 3 is 2.18 bits per heavy atom. The molecule has 0 amide bonds. The van der Waals surface area contributed by atoms with Crippen LogP contribution < -0.4 is 0 Å². The SMILES string of the molecule is C/C=N\C(=C/CC)C(C)(C)C. The molecule has 0 saturated carbocycles. The van der Waals surface area contributed by atoms with Crippen molar-refractivity contribution in [3.05, 3.63) is 11.8 Å². The number of allylic oxidation sites excluding steroid dienone is 2. The van der Waals surface area contributed by atoms with Crippen LogP contribution in [0.3, 0.4) is 0 Å². The third kappa shape index (κ3) is 3.97. The lowest BCUT2D eigenvalue weighted by Gasteiger charge is -2.18. The molecule has 0 fully saturated rings. The highest BCUT2D eigenvalue weighted by Crippen LogP contribution is 2.26. The maximum Gasteiger partial charge on any atom is 0.0413 e. The summed E-state index contributed by atoms with van der Waals surface area (Å²) in [6.07, 6.45) is 5.09. The van der Waals surface area contributed by atoms with E-state index in [0.29, 0.717) is 0 Å². The van der Waals surface area contributed by atoms with E-state index in [4.69, 9.17) is 0 Å². The van der Waals surface area contributed by atoms with Crippen LogP contribution in [0.2, 0.25) is 0 Å². The molecule has 0 N–H and O–H groups in total. The van der Waals surface area contributed by atoms with Crippen molar-refractivity contribution in [2.45, 2.75) is 41.0 Å². The van der Waals surface area contributed by atoms with Crippen LogP contribution in [0.15, 0.2) is 16.8 Å². The minimum Gasteiger partial charge on any atom is -0.266 e. The number of aliphatic imine (C=N–C) groups is 1. The van der Waals surface area contributed by atoms with Crippen LogP contribution in [0.4, 0.5) is 0 Å². The number of hydrogen-bond acceptors (Lipinski definition) is 1. The lowest BCUT2D eigenvalue weighted by atomic mass is 9.91. The first-order valence-electron chi connectivity index (χ1n) is 4.21. The van der Waals surface area contributed by atoms with E-state index < -0.39 is 0 Å². The molecule has 11 heavy (non-hydrogen) atoms. The molecule has 0 aliphatic carbocycles. The summed E-state index contributed by atoms with van der Waals surface area (Å²) in [6.45, 7) is 10.6. The molecule has 0 heterocycles. The molecule has 1 heteroatoms. The molecule has 0 atom stereocenters.